The maximum Gasteiger partial charge on any atom is 0.293 e. The fourth-order valence-corrected chi connectivity index (χ4v) is 4.19. The molecule has 6 nitrogen and oxygen atoms in total. The van der Waals surface area contributed by atoms with Gasteiger partial charge in [-0.1, -0.05) is 17.7 Å². The number of sulfonamides is 1. The molecule has 138 valence electrons. The summed E-state index contributed by atoms with van der Waals surface area (Å²) < 4.78 is 32.9. The second kappa shape index (κ2) is 6.59. The summed E-state index contributed by atoms with van der Waals surface area (Å²) in [6, 6.07) is 15.2. The number of carbonyl (C=O) groups excluding carboxylic acids is 1. The number of rotatable bonds is 4. The topological polar surface area (TPSA) is 79.6 Å². The number of fused-ring (bicyclic) bond motifs is 1. The molecule has 7 heteroatoms. The highest BCUT2D eigenvalue weighted by atomic mass is 32.2. The molecule has 0 radical (unpaired) electrons. The summed E-state index contributed by atoms with van der Waals surface area (Å²) in [6.07, 6.45) is 2.12. The first kappa shape index (κ1) is 17.4. The van der Waals surface area contributed by atoms with Crippen molar-refractivity contribution < 1.29 is 17.6 Å². The lowest BCUT2D eigenvalue weighted by molar-refractivity contribution is 0.0963. The summed E-state index contributed by atoms with van der Waals surface area (Å²) in [5.41, 5.74) is 3.16. The van der Waals surface area contributed by atoms with Gasteiger partial charge in [0.25, 0.3) is 15.9 Å². The van der Waals surface area contributed by atoms with E-state index in [9.17, 15) is 13.2 Å². The zero-order chi connectivity index (χ0) is 19.0. The second-order valence-corrected chi connectivity index (χ2v) is 8.13. The highest BCUT2D eigenvalue weighted by Gasteiger charge is 2.27. The smallest absolute Gasteiger partial charge is 0.293 e. The highest BCUT2D eigenvalue weighted by Crippen LogP contribution is 2.32. The van der Waals surface area contributed by atoms with Gasteiger partial charge >= 0.3 is 0 Å². The molecule has 1 aliphatic rings. The van der Waals surface area contributed by atoms with E-state index in [0.717, 1.165) is 16.8 Å². The van der Waals surface area contributed by atoms with E-state index in [4.69, 9.17) is 4.42 Å². The number of nitrogens with zero attached hydrogens (tertiary/aromatic N) is 1. The predicted molar refractivity (Wildman–Crippen MR) is 103 cm³/mol. The van der Waals surface area contributed by atoms with Gasteiger partial charge in [0.05, 0.1) is 11.2 Å². The van der Waals surface area contributed by atoms with Crippen molar-refractivity contribution in [1.29, 1.82) is 0 Å². The van der Waals surface area contributed by atoms with Gasteiger partial charge in [0.2, 0.25) is 0 Å². The molecule has 0 aliphatic carbocycles. The number of amides is 1. The standard InChI is InChI=1S/C20H18N2O4S/c1-14-4-7-17(8-5-14)27(24,25)21-16-6-9-18-15(13-16)10-11-22(18)20(23)19-3-2-12-26-19/h2-9,12-13,21H,10-11H2,1H3. The van der Waals surface area contributed by atoms with Crippen molar-refractivity contribution in [2.45, 2.75) is 18.2 Å². The number of nitrogens with one attached hydrogen (secondary N) is 1. The second-order valence-electron chi connectivity index (χ2n) is 6.45. The molecule has 3 aromatic rings. The number of benzene rings is 2. The van der Waals surface area contributed by atoms with E-state index in [2.05, 4.69) is 4.72 Å². The van der Waals surface area contributed by atoms with Crippen LogP contribution in [0.2, 0.25) is 0 Å². The predicted octanol–water partition coefficient (Wildman–Crippen LogP) is 3.59. The Bertz CT molecular complexity index is 1090. The Morgan fingerprint density at radius 3 is 2.59 bits per heavy atom. The van der Waals surface area contributed by atoms with Crippen molar-refractivity contribution >= 4 is 27.3 Å². The van der Waals surface area contributed by atoms with Crippen LogP contribution in [-0.4, -0.2) is 20.9 Å². The van der Waals surface area contributed by atoms with Crippen LogP contribution in [0.1, 0.15) is 21.7 Å². The van der Waals surface area contributed by atoms with Gasteiger partial charge in [-0.3, -0.25) is 9.52 Å². The van der Waals surface area contributed by atoms with Gasteiger partial charge in [-0.05, 0) is 61.4 Å². The van der Waals surface area contributed by atoms with E-state index >= 15 is 0 Å². The molecule has 0 saturated heterocycles. The summed E-state index contributed by atoms with van der Waals surface area (Å²) in [7, 11) is -3.66. The maximum absolute atomic E-state index is 12.6. The van der Waals surface area contributed by atoms with Crippen LogP contribution in [0.3, 0.4) is 0 Å². The van der Waals surface area contributed by atoms with Crippen LogP contribution in [0.15, 0.2) is 70.2 Å². The molecule has 0 spiro atoms. The van der Waals surface area contributed by atoms with Crippen LogP contribution in [-0.2, 0) is 16.4 Å². The first-order valence-electron chi connectivity index (χ1n) is 8.52. The third-order valence-corrected chi connectivity index (χ3v) is 5.93. The van der Waals surface area contributed by atoms with Gasteiger partial charge in [-0.2, -0.15) is 0 Å². The first-order valence-corrected chi connectivity index (χ1v) is 10.0. The van der Waals surface area contributed by atoms with Crippen molar-refractivity contribution in [3.8, 4) is 0 Å². The minimum absolute atomic E-state index is 0.202. The molecular weight excluding hydrogens is 364 g/mol. The average Bonchev–Trinajstić information content (AvgIpc) is 3.31. The Kier molecular flexibility index (Phi) is 4.24. The molecule has 2 heterocycles. The minimum Gasteiger partial charge on any atom is -0.459 e. The van der Waals surface area contributed by atoms with E-state index < -0.39 is 10.0 Å². The molecular formula is C20H18N2O4S. The van der Waals surface area contributed by atoms with E-state index in [-0.39, 0.29) is 16.6 Å². The van der Waals surface area contributed by atoms with Crippen molar-refractivity contribution in [1.82, 2.24) is 0 Å². The molecule has 0 saturated carbocycles. The molecule has 1 N–H and O–H groups in total. The van der Waals surface area contributed by atoms with Gasteiger partial charge in [0, 0.05) is 17.9 Å². The molecule has 27 heavy (non-hydrogen) atoms. The summed E-state index contributed by atoms with van der Waals surface area (Å²) in [5, 5.41) is 0. The fraction of sp³-hybridized carbons (Fsp3) is 0.150. The van der Waals surface area contributed by atoms with Gasteiger partial charge in [-0.15, -0.1) is 0 Å². The summed E-state index contributed by atoms with van der Waals surface area (Å²) in [5.74, 6) is 0.0822. The third kappa shape index (κ3) is 3.33. The van der Waals surface area contributed by atoms with Gasteiger partial charge in [0.1, 0.15) is 0 Å². The number of anilines is 2. The summed E-state index contributed by atoms with van der Waals surface area (Å²) in [4.78, 5) is 14.4. The zero-order valence-corrected chi connectivity index (χ0v) is 15.5. The quantitative estimate of drug-likeness (QED) is 0.748. The molecule has 0 fully saturated rings. The van der Waals surface area contributed by atoms with Crippen molar-refractivity contribution in [2.75, 3.05) is 16.2 Å². The summed E-state index contributed by atoms with van der Waals surface area (Å²) >= 11 is 0. The van der Waals surface area contributed by atoms with Gasteiger partial charge in [0.15, 0.2) is 5.76 Å². The van der Waals surface area contributed by atoms with Crippen molar-refractivity contribution in [2.24, 2.45) is 0 Å². The molecule has 1 aliphatic heterocycles. The van der Waals surface area contributed by atoms with Gasteiger partial charge < -0.3 is 9.32 Å². The Morgan fingerprint density at radius 1 is 1.11 bits per heavy atom. The normalized spacial score (nSPS) is 13.4. The molecule has 0 unspecified atom stereocenters. The zero-order valence-electron chi connectivity index (χ0n) is 14.7. The SMILES string of the molecule is Cc1ccc(S(=O)(=O)Nc2ccc3c(c2)CCN3C(=O)c2ccco2)cc1. The Balaban J connectivity index is 1.57. The highest BCUT2D eigenvalue weighted by molar-refractivity contribution is 7.92. The average molecular weight is 382 g/mol. The largest absolute Gasteiger partial charge is 0.459 e. The number of aryl methyl sites for hydroxylation is 1. The van der Waals surface area contributed by atoms with Gasteiger partial charge in [-0.25, -0.2) is 8.42 Å². The summed E-state index contributed by atoms with van der Waals surface area (Å²) in [6.45, 7) is 2.43. The van der Waals surface area contributed by atoms with E-state index in [0.29, 0.717) is 18.7 Å². The Morgan fingerprint density at radius 2 is 1.89 bits per heavy atom. The maximum atomic E-state index is 12.6. The van der Waals surface area contributed by atoms with Crippen LogP contribution in [0, 0.1) is 6.92 Å². The monoisotopic (exact) mass is 382 g/mol. The van der Waals surface area contributed by atoms with Crippen molar-refractivity contribution in [3.05, 3.63) is 77.7 Å². The van der Waals surface area contributed by atoms with Crippen molar-refractivity contribution in [3.63, 3.8) is 0 Å². The van der Waals surface area contributed by atoms with Crippen LogP contribution in [0.25, 0.3) is 0 Å². The third-order valence-electron chi connectivity index (χ3n) is 4.54. The minimum atomic E-state index is -3.66. The Labute approximate surface area is 157 Å². The number of carbonyl (C=O) groups is 1. The number of furan rings is 1. The van der Waals surface area contributed by atoms with Crippen LogP contribution in [0.4, 0.5) is 11.4 Å². The van der Waals surface area contributed by atoms with Crippen LogP contribution < -0.4 is 9.62 Å². The molecule has 1 aromatic heterocycles. The molecule has 4 rings (SSSR count). The lowest BCUT2D eigenvalue weighted by atomic mass is 10.1. The van der Waals surface area contributed by atoms with Crippen LogP contribution >= 0.6 is 0 Å². The molecule has 0 bridgehead atoms. The van der Waals surface area contributed by atoms with E-state index in [1.54, 1.807) is 59.5 Å². The lowest BCUT2D eigenvalue weighted by Gasteiger charge is -2.16. The Hall–Kier alpha value is -3.06. The lowest BCUT2D eigenvalue weighted by Crippen LogP contribution is -2.28. The van der Waals surface area contributed by atoms with E-state index in [1.807, 2.05) is 6.92 Å². The molecule has 0 atom stereocenters. The number of hydrogen-bond donors (Lipinski definition) is 1. The number of hydrogen-bond acceptors (Lipinski definition) is 4. The van der Waals surface area contributed by atoms with E-state index in [1.165, 1.54) is 6.26 Å². The fourth-order valence-electron chi connectivity index (χ4n) is 3.14. The first-order chi connectivity index (χ1) is 12.9. The van der Waals surface area contributed by atoms with Crippen LogP contribution in [0.5, 0.6) is 0 Å². The molecule has 2 aromatic carbocycles. The molecule has 1 amide bonds.